The summed E-state index contributed by atoms with van der Waals surface area (Å²) in [6.07, 6.45) is 0.903. The first kappa shape index (κ1) is 15.4. The van der Waals surface area contributed by atoms with Gasteiger partial charge in [-0.1, -0.05) is 18.7 Å². The second kappa shape index (κ2) is 7.10. The Balaban J connectivity index is 2.78. The van der Waals surface area contributed by atoms with Gasteiger partial charge in [-0.2, -0.15) is 0 Å². The van der Waals surface area contributed by atoms with E-state index in [4.69, 9.17) is 11.5 Å². The minimum Gasteiger partial charge on any atom is -0.351 e. The highest BCUT2D eigenvalue weighted by Crippen LogP contribution is 2.22. The van der Waals surface area contributed by atoms with Crippen LogP contribution in [0.1, 0.15) is 26.1 Å². The van der Waals surface area contributed by atoms with Crippen molar-refractivity contribution in [2.24, 2.45) is 11.5 Å². The summed E-state index contributed by atoms with van der Waals surface area (Å²) in [5, 5.41) is 10.1. The number of hydrogen-bond acceptors (Lipinski definition) is 6. The summed E-state index contributed by atoms with van der Waals surface area (Å²) in [4.78, 5) is 22.2. The average Bonchev–Trinajstić information content (AvgIpc) is 2.71. The van der Waals surface area contributed by atoms with Gasteiger partial charge >= 0.3 is 6.03 Å². The highest BCUT2D eigenvalue weighted by molar-refractivity contribution is 8.00. The molecule has 0 aliphatic rings. The van der Waals surface area contributed by atoms with Gasteiger partial charge in [0.05, 0.1) is 11.8 Å². The van der Waals surface area contributed by atoms with E-state index in [1.807, 2.05) is 16.8 Å². The zero-order valence-electron chi connectivity index (χ0n) is 10.9. The van der Waals surface area contributed by atoms with Crippen LogP contribution in [0.25, 0.3) is 0 Å². The Morgan fingerprint density at radius 2 is 2.16 bits per heavy atom. The van der Waals surface area contributed by atoms with Crippen LogP contribution in [0.5, 0.6) is 0 Å². The number of thioether (sulfide) groups is 1. The number of urea groups is 1. The minimum absolute atomic E-state index is 0.287. The lowest BCUT2D eigenvalue weighted by atomic mass is 10.4. The number of carbonyl (C=O) groups is 2. The van der Waals surface area contributed by atoms with Crippen LogP contribution in [-0.4, -0.2) is 32.0 Å². The number of imide groups is 1. The molecule has 0 aliphatic heterocycles. The number of amides is 3. The fourth-order valence-corrected chi connectivity index (χ4v) is 2.33. The van der Waals surface area contributed by atoms with E-state index in [1.165, 1.54) is 11.8 Å². The summed E-state index contributed by atoms with van der Waals surface area (Å²) in [5.41, 5.74) is 10.5. The Morgan fingerprint density at radius 1 is 1.47 bits per heavy atom. The fourth-order valence-electron chi connectivity index (χ4n) is 1.44. The summed E-state index contributed by atoms with van der Waals surface area (Å²) in [6.45, 7) is 4.70. The van der Waals surface area contributed by atoms with Gasteiger partial charge in [0.1, 0.15) is 5.82 Å². The Kier molecular flexibility index (Phi) is 5.77. The van der Waals surface area contributed by atoms with Crippen LogP contribution in [0.15, 0.2) is 5.16 Å². The number of aromatic nitrogens is 3. The quantitative estimate of drug-likeness (QED) is 0.622. The SMILES string of the molecule is CCCn1c(CN)nnc1SC(C)C(=O)NC(N)=O. The van der Waals surface area contributed by atoms with E-state index in [1.54, 1.807) is 6.92 Å². The van der Waals surface area contributed by atoms with Crippen LogP contribution in [0.4, 0.5) is 4.79 Å². The molecule has 0 saturated heterocycles. The second-order valence-electron chi connectivity index (χ2n) is 3.87. The van der Waals surface area contributed by atoms with Crippen molar-refractivity contribution in [2.75, 3.05) is 0 Å². The molecule has 1 unspecified atom stereocenters. The van der Waals surface area contributed by atoms with Gasteiger partial charge in [-0.3, -0.25) is 10.1 Å². The van der Waals surface area contributed by atoms with Crippen molar-refractivity contribution < 1.29 is 9.59 Å². The van der Waals surface area contributed by atoms with Crippen molar-refractivity contribution in [2.45, 2.75) is 43.8 Å². The van der Waals surface area contributed by atoms with Gasteiger partial charge in [0.25, 0.3) is 0 Å². The van der Waals surface area contributed by atoms with Crippen molar-refractivity contribution >= 4 is 23.7 Å². The highest BCUT2D eigenvalue weighted by Gasteiger charge is 2.20. The first-order valence-corrected chi connectivity index (χ1v) is 6.76. The third-order valence-electron chi connectivity index (χ3n) is 2.32. The van der Waals surface area contributed by atoms with E-state index in [0.29, 0.717) is 11.0 Å². The van der Waals surface area contributed by atoms with Crippen LogP contribution >= 0.6 is 11.8 Å². The molecule has 0 bridgehead atoms. The van der Waals surface area contributed by atoms with Gasteiger partial charge in [-0.25, -0.2) is 4.79 Å². The van der Waals surface area contributed by atoms with Crippen LogP contribution in [0.3, 0.4) is 0 Å². The third kappa shape index (κ3) is 4.21. The lowest BCUT2D eigenvalue weighted by Crippen LogP contribution is -2.39. The molecule has 0 saturated carbocycles. The molecule has 0 fully saturated rings. The molecule has 9 heteroatoms. The zero-order chi connectivity index (χ0) is 14.4. The molecule has 1 atom stereocenters. The van der Waals surface area contributed by atoms with Crippen molar-refractivity contribution in [3.63, 3.8) is 0 Å². The van der Waals surface area contributed by atoms with Gasteiger partial charge in [0.15, 0.2) is 5.16 Å². The molecule has 0 radical (unpaired) electrons. The fraction of sp³-hybridized carbons (Fsp3) is 0.600. The Labute approximate surface area is 115 Å². The summed E-state index contributed by atoms with van der Waals surface area (Å²) >= 11 is 1.21. The molecule has 106 valence electrons. The van der Waals surface area contributed by atoms with Gasteiger partial charge in [0.2, 0.25) is 5.91 Å². The van der Waals surface area contributed by atoms with Crippen molar-refractivity contribution in [3.8, 4) is 0 Å². The Morgan fingerprint density at radius 3 is 2.68 bits per heavy atom. The molecule has 19 heavy (non-hydrogen) atoms. The number of carbonyl (C=O) groups excluding carboxylic acids is 2. The molecule has 0 spiro atoms. The lowest BCUT2D eigenvalue weighted by Gasteiger charge is -2.11. The number of primary amides is 1. The Bertz CT molecular complexity index is 461. The van der Waals surface area contributed by atoms with Gasteiger partial charge in [-0.15, -0.1) is 10.2 Å². The highest BCUT2D eigenvalue weighted by atomic mass is 32.2. The second-order valence-corrected chi connectivity index (χ2v) is 5.18. The van der Waals surface area contributed by atoms with Crippen molar-refractivity contribution in [1.82, 2.24) is 20.1 Å². The zero-order valence-corrected chi connectivity index (χ0v) is 11.7. The van der Waals surface area contributed by atoms with Gasteiger partial charge < -0.3 is 16.0 Å². The van der Waals surface area contributed by atoms with E-state index >= 15 is 0 Å². The van der Waals surface area contributed by atoms with Gasteiger partial charge in [-0.05, 0) is 13.3 Å². The third-order valence-corrected chi connectivity index (χ3v) is 3.40. The van der Waals surface area contributed by atoms with E-state index in [9.17, 15) is 9.59 Å². The monoisotopic (exact) mass is 286 g/mol. The number of hydrogen-bond donors (Lipinski definition) is 3. The smallest absolute Gasteiger partial charge is 0.318 e. The molecular weight excluding hydrogens is 268 g/mol. The molecule has 1 heterocycles. The lowest BCUT2D eigenvalue weighted by molar-refractivity contribution is -0.119. The van der Waals surface area contributed by atoms with Crippen LogP contribution in [0.2, 0.25) is 0 Å². The van der Waals surface area contributed by atoms with Crippen molar-refractivity contribution in [1.29, 1.82) is 0 Å². The van der Waals surface area contributed by atoms with Crippen LogP contribution < -0.4 is 16.8 Å². The summed E-state index contributed by atoms with van der Waals surface area (Å²) in [5.74, 6) is 0.213. The predicted molar refractivity (Wildman–Crippen MR) is 71.2 cm³/mol. The maximum Gasteiger partial charge on any atom is 0.318 e. The van der Waals surface area contributed by atoms with Crippen molar-refractivity contribution in [3.05, 3.63) is 5.82 Å². The predicted octanol–water partition coefficient (Wildman–Crippen LogP) is -0.178. The average molecular weight is 286 g/mol. The summed E-state index contributed by atoms with van der Waals surface area (Å²) in [6, 6.07) is -0.866. The Hall–Kier alpha value is -1.61. The maximum atomic E-state index is 11.6. The summed E-state index contributed by atoms with van der Waals surface area (Å²) in [7, 11) is 0. The molecule has 1 aromatic heterocycles. The minimum atomic E-state index is -0.866. The van der Waals surface area contributed by atoms with E-state index in [2.05, 4.69) is 10.2 Å². The van der Waals surface area contributed by atoms with E-state index < -0.39 is 17.2 Å². The number of rotatable bonds is 6. The number of nitrogens with zero attached hydrogens (tertiary/aromatic N) is 3. The topological polar surface area (TPSA) is 129 Å². The maximum absolute atomic E-state index is 11.6. The number of nitrogens with two attached hydrogens (primary N) is 2. The normalized spacial score (nSPS) is 12.2. The molecule has 1 rings (SSSR count). The van der Waals surface area contributed by atoms with E-state index in [-0.39, 0.29) is 6.54 Å². The van der Waals surface area contributed by atoms with Crippen LogP contribution in [0, 0.1) is 0 Å². The molecule has 5 N–H and O–H groups in total. The molecule has 0 aromatic carbocycles. The standard InChI is InChI=1S/C10H18N6O2S/c1-3-4-16-7(5-11)14-15-10(16)19-6(2)8(17)13-9(12)18/h6H,3-5,11H2,1-2H3,(H3,12,13,17,18). The molecule has 3 amide bonds. The van der Waals surface area contributed by atoms with Gasteiger partial charge in [0, 0.05) is 6.54 Å². The molecule has 1 aromatic rings. The molecule has 8 nitrogen and oxygen atoms in total. The first-order valence-electron chi connectivity index (χ1n) is 5.88. The number of nitrogens with one attached hydrogen (secondary N) is 1. The molecular formula is C10H18N6O2S. The van der Waals surface area contributed by atoms with Crippen LogP contribution in [-0.2, 0) is 17.9 Å². The first-order chi connectivity index (χ1) is 8.99. The molecule has 0 aliphatic carbocycles. The van der Waals surface area contributed by atoms with E-state index in [0.717, 1.165) is 13.0 Å². The largest absolute Gasteiger partial charge is 0.351 e. The summed E-state index contributed by atoms with van der Waals surface area (Å²) < 4.78 is 1.87.